The third-order valence-electron chi connectivity index (χ3n) is 2.53. The first kappa shape index (κ1) is 15.8. The van der Waals surface area contributed by atoms with Crippen molar-refractivity contribution in [2.45, 2.75) is 6.18 Å². The van der Waals surface area contributed by atoms with Crippen molar-refractivity contribution >= 4 is 39.1 Å². The molecule has 0 atom stereocenters. The second-order valence-electron chi connectivity index (χ2n) is 3.99. The van der Waals surface area contributed by atoms with E-state index in [1.165, 1.54) is 30.5 Å². The highest BCUT2D eigenvalue weighted by atomic mass is 79.9. The topological polar surface area (TPSA) is 42.0 Å². The molecule has 1 aromatic heterocycles. The van der Waals surface area contributed by atoms with Gasteiger partial charge in [0.05, 0.1) is 16.8 Å². The van der Waals surface area contributed by atoms with Gasteiger partial charge in [0.25, 0.3) is 5.91 Å². The van der Waals surface area contributed by atoms with Crippen LogP contribution in [0, 0.1) is 0 Å². The van der Waals surface area contributed by atoms with Gasteiger partial charge in [0.1, 0.15) is 5.15 Å². The Bertz CT molecular complexity index is 691. The molecule has 1 N–H and O–H groups in total. The molecule has 0 saturated heterocycles. The smallest absolute Gasteiger partial charge is 0.321 e. The highest BCUT2D eigenvalue weighted by molar-refractivity contribution is 9.10. The number of carbonyl (C=O) groups is 1. The third-order valence-corrected chi connectivity index (χ3v) is 3.27. The quantitative estimate of drug-likeness (QED) is 0.764. The monoisotopic (exact) mass is 378 g/mol. The predicted molar refractivity (Wildman–Crippen MR) is 76.3 cm³/mol. The molecule has 1 amide bonds. The molecule has 0 spiro atoms. The molecule has 1 heterocycles. The Hall–Kier alpha value is -1.60. The minimum atomic E-state index is -4.57. The Balaban J connectivity index is 2.35. The van der Waals surface area contributed by atoms with Crippen LogP contribution in [0.4, 0.5) is 18.9 Å². The number of halogens is 5. The molecule has 1 aromatic carbocycles. The Morgan fingerprint density at radius 3 is 2.62 bits per heavy atom. The molecule has 0 fully saturated rings. The molecular weight excluding hydrogens is 373 g/mol. The van der Waals surface area contributed by atoms with Crippen molar-refractivity contribution in [3.8, 4) is 0 Å². The van der Waals surface area contributed by atoms with E-state index in [0.717, 1.165) is 6.07 Å². The molecule has 2 aromatic rings. The maximum Gasteiger partial charge on any atom is 0.418 e. The zero-order valence-corrected chi connectivity index (χ0v) is 12.6. The molecule has 0 unspecified atom stereocenters. The van der Waals surface area contributed by atoms with Crippen LogP contribution in [0.25, 0.3) is 0 Å². The van der Waals surface area contributed by atoms with E-state index in [2.05, 4.69) is 26.2 Å². The number of nitrogens with one attached hydrogen (secondary N) is 1. The molecular formula is C13H7BrClF3N2O. The van der Waals surface area contributed by atoms with Gasteiger partial charge >= 0.3 is 6.18 Å². The maximum atomic E-state index is 12.8. The summed E-state index contributed by atoms with van der Waals surface area (Å²) in [6.45, 7) is 0. The number of carbonyl (C=O) groups excluding carboxylic acids is 1. The first-order valence-electron chi connectivity index (χ1n) is 5.57. The van der Waals surface area contributed by atoms with Gasteiger partial charge in [0, 0.05) is 10.7 Å². The summed E-state index contributed by atoms with van der Waals surface area (Å²) in [5, 5.41) is 2.10. The highest BCUT2D eigenvalue weighted by Crippen LogP contribution is 2.34. The molecule has 0 aliphatic carbocycles. The highest BCUT2D eigenvalue weighted by Gasteiger charge is 2.33. The zero-order chi connectivity index (χ0) is 15.6. The molecule has 0 radical (unpaired) electrons. The van der Waals surface area contributed by atoms with Gasteiger partial charge in [0.2, 0.25) is 0 Å². The standard InChI is InChI=1S/C13H7BrClF3N2O/c14-7-5-8(11(15)19-6-7)12(21)20-10-4-2-1-3-9(10)13(16,17)18/h1-6H,(H,20,21). The number of para-hydroxylation sites is 1. The van der Waals surface area contributed by atoms with Crippen LogP contribution in [0.5, 0.6) is 0 Å². The van der Waals surface area contributed by atoms with Crippen LogP contribution in [-0.4, -0.2) is 10.9 Å². The fourth-order valence-corrected chi connectivity index (χ4v) is 2.13. The van der Waals surface area contributed by atoms with Crippen molar-refractivity contribution in [1.29, 1.82) is 0 Å². The van der Waals surface area contributed by atoms with E-state index in [0.29, 0.717) is 4.47 Å². The number of anilines is 1. The van der Waals surface area contributed by atoms with Crippen molar-refractivity contribution in [1.82, 2.24) is 4.98 Å². The molecule has 2 rings (SSSR count). The average molecular weight is 380 g/mol. The number of alkyl halides is 3. The van der Waals surface area contributed by atoms with E-state index < -0.39 is 17.6 Å². The Kier molecular flexibility index (Phi) is 4.53. The van der Waals surface area contributed by atoms with Gasteiger partial charge in [-0.25, -0.2) is 4.98 Å². The summed E-state index contributed by atoms with van der Waals surface area (Å²) in [6.07, 6.45) is -3.19. The summed E-state index contributed by atoms with van der Waals surface area (Å²) in [5.74, 6) is -0.773. The lowest BCUT2D eigenvalue weighted by Gasteiger charge is -2.13. The summed E-state index contributed by atoms with van der Waals surface area (Å²) in [5.41, 5.74) is -1.30. The average Bonchev–Trinajstić information content (AvgIpc) is 2.41. The summed E-state index contributed by atoms with van der Waals surface area (Å²) in [4.78, 5) is 15.8. The van der Waals surface area contributed by atoms with E-state index in [4.69, 9.17) is 11.6 Å². The summed E-state index contributed by atoms with van der Waals surface area (Å²) in [6, 6.07) is 6.06. The number of pyridine rings is 1. The fourth-order valence-electron chi connectivity index (χ4n) is 1.61. The molecule has 8 heteroatoms. The van der Waals surface area contributed by atoms with Gasteiger partial charge in [-0.1, -0.05) is 23.7 Å². The molecule has 0 bridgehead atoms. The van der Waals surface area contributed by atoms with Gasteiger partial charge in [-0.2, -0.15) is 13.2 Å². The normalized spacial score (nSPS) is 11.3. The van der Waals surface area contributed by atoms with Crippen LogP contribution in [0.1, 0.15) is 15.9 Å². The van der Waals surface area contributed by atoms with Gasteiger partial charge in [-0.05, 0) is 34.1 Å². The Morgan fingerprint density at radius 2 is 1.95 bits per heavy atom. The van der Waals surface area contributed by atoms with Crippen LogP contribution < -0.4 is 5.32 Å². The number of amides is 1. The van der Waals surface area contributed by atoms with Gasteiger partial charge in [-0.15, -0.1) is 0 Å². The van der Waals surface area contributed by atoms with Crippen molar-refractivity contribution in [2.24, 2.45) is 0 Å². The van der Waals surface area contributed by atoms with Gasteiger partial charge < -0.3 is 5.32 Å². The van der Waals surface area contributed by atoms with Crippen LogP contribution in [0.2, 0.25) is 5.15 Å². The number of hydrogen-bond acceptors (Lipinski definition) is 2. The second-order valence-corrected chi connectivity index (χ2v) is 5.26. The van der Waals surface area contributed by atoms with Gasteiger partial charge in [-0.3, -0.25) is 4.79 Å². The molecule has 0 saturated carbocycles. The summed E-state index contributed by atoms with van der Waals surface area (Å²) >= 11 is 8.89. The lowest BCUT2D eigenvalue weighted by atomic mass is 10.1. The number of rotatable bonds is 2. The SMILES string of the molecule is O=C(Nc1ccccc1C(F)(F)F)c1cc(Br)cnc1Cl. The maximum absolute atomic E-state index is 12.8. The number of aromatic nitrogens is 1. The second kappa shape index (κ2) is 6.03. The number of benzene rings is 1. The van der Waals surface area contributed by atoms with Crippen molar-refractivity contribution in [3.05, 3.63) is 57.3 Å². The zero-order valence-electron chi connectivity index (χ0n) is 10.2. The number of nitrogens with zero attached hydrogens (tertiary/aromatic N) is 1. The van der Waals surface area contributed by atoms with Crippen molar-refractivity contribution < 1.29 is 18.0 Å². The van der Waals surface area contributed by atoms with Gasteiger partial charge in [0.15, 0.2) is 0 Å². The summed E-state index contributed by atoms with van der Waals surface area (Å²) in [7, 11) is 0. The fraction of sp³-hybridized carbons (Fsp3) is 0.0769. The molecule has 3 nitrogen and oxygen atoms in total. The van der Waals surface area contributed by atoms with Crippen LogP contribution in [-0.2, 0) is 6.18 Å². The van der Waals surface area contributed by atoms with Crippen LogP contribution >= 0.6 is 27.5 Å². The predicted octanol–water partition coefficient (Wildman–Crippen LogP) is 4.77. The van der Waals surface area contributed by atoms with E-state index in [1.807, 2.05) is 0 Å². The molecule has 0 aliphatic rings. The first-order valence-corrected chi connectivity index (χ1v) is 6.75. The lowest BCUT2D eigenvalue weighted by molar-refractivity contribution is -0.136. The molecule has 110 valence electrons. The van der Waals surface area contributed by atoms with E-state index in [9.17, 15) is 18.0 Å². The first-order chi connectivity index (χ1) is 9.79. The third kappa shape index (κ3) is 3.74. The van der Waals surface area contributed by atoms with E-state index in [-0.39, 0.29) is 16.4 Å². The van der Waals surface area contributed by atoms with E-state index in [1.54, 1.807) is 0 Å². The lowest BCUT2D eigenvalue weighted by Crippen LogP contribution is -2.17. The Labute approximate surface area is 131 Å². The molecule has 21 heavy (non-hydrogen) atoms. The minimum Gasteiger partial charge on any atom is -0.321 e. The summed E-state index contributed by atoms with van der Waals surface area (Å²) < 4.78 is 39.0. The molecule has 0 aliphatic heterocycles. The minimum absolute atomic E-state index is 0.0250. The Morgan fingerprint density at radius 1 is 1.29 bits per heavy atom. The van der Waals surface area contributed by atoms with Crippen molar-refractivity contribution in [3.63, 3.8) is 0 Å². The van der Waals surface area contributed by atoms with Crippen molar-refractivity contribution in [2.75, 3.05) is 5.32 Å². The number of hydrogen-bond donors (Lipinski definition) is 1. The van der Waals surface area contributed by atoms with Crippen LogP contribution in [0.15, 0.2) is 41.0 Å². The van der Waals surface area contributed by atoms with Crippen LogP contribution in [0.3, 0.4) is 0 Å². The largest absolute Gasteiger partial charge is 0.418 e. The van der Waals surface area contributed by atoms with E-state index >= 15 is 0 Å².